The van der Waals surface area contributed by atoms with Crippen molar-refractivity contribution in [2.24, 2.45) is 0 Å². The molecule has 1 aromatic heterocycles. The molecule has 10 heteroatoms. The maximum atomic E-state index is 13.3. The summed E-state index contributed by atoms with van der Waals surface area (Å²) in [6.07, 6.45) is 0.573. The lowest BCUT2D eigenvalue weighted by atomic mass is 9.90. The Morgan fingerprint density at radius 2 is 1.84 bits per heavy atom. The van der Waals surface area contributed by atoms with Crippen LogP contribution in [0.5, 0.6) is 11.5 Å². The summed E-state index contributed by atoms with van der Waals surface area (Å²) in [5.41, 5.74) is 1.93. The van der Waals surface area contributed by atoms with Crippen molar-refractivity contribution in [3.8, 4) is 11.5 Å². The number of rotatable bonds is 5. The van der Waals surface area contributed by atoms with Gasteiger partial charge in [0.1, 0.15) is 6.54 Å². The van der Waals surface area contributed by atoms with Gasteiger partial charge in [-0.15, -0.1) is 11.3 Å². The number of carbonyl (C=O) groups excluding carboxylic acids is 4. The molecule has 1 unspecified atom stereocenters. The van der Waals surface area contributed by atoms with E-state index in [0.29, 0.717) is 29.4 Å². The van der Waals surface area contributed by atoms with Crippen molar-refractivity contribution in [3.63, 3.8) is 0 Å². The Balaban J connectivity index is 1.70. The van der Waals surface area contributed by atoms with Crippen molar-refractivity contribution in [2.75, 3.05) is 34.4 Å². The molecule has 0 bridgehead atoms. The number of benzene rings is 1. The third-order valence-electron chi connectivity index (χ3n) is 5.55. The quantitative estimate of drug-likeness (QED) is 0.515. The molecule has 9 nitrogen and oxygen atoms in total. The molecule has 5 amide bonds. The number of hydrogen-bond acceptors (Lipinski definition) is 7. The molecule has 1 saturated heterocycles. The normalized spacial score (nSPS) is 18.5. The van der Waals surface area contributed by atoms with E-state index >= 15 is 0 Å². The number of ether oxygens (including phenoxy) is 2. The number of fused-ring (bicyclic) bond motifs is 1. The minimum Gasteiger partial charge on any atom is -0.493 e. The first-order chi connectivity index (χ1) is 14.9. The molecule has 1 fully saturated rings. The van der Waals surface area contributed by atoms with Crippen LogP contribution in [0.25, 0.3) is 0 Å². The predicted molar refractivity (Wildman–Crippen MR) is 111 cm³/mol. The fourth-order valence-electron chi connectivity index (χ4n) is 3.95. The first-order valence-corrected chi connectivity index (χ1v) is 10.5. The average molecular weight is 443 g/mol. The second-order valence-corrected chi connectivity index (χ2v) is 8.18. The first-order valence-electron chi connectivity index (χ1n) is 9.58. The van der Waals surface area contributed by atoms with Crippen molar-refractivity contribution in [2.45, 2.75) is 12.5 Å². The van der Waals surface area contributed by atoms with E-state index in [-0.39, 0.29) is 0 Å². The summed E-state index contributed by atoms with van der Waals surface area (Å²) in [6.45, 7) is -0.0951. The lowest BCUT2D eigenvalue weighted by Gasteiger charge is -2.38. The van der Waals surface area contributed by atoms with E-state index in [0.717, 1.165) is 20.9 Å². The molecule has 0 radical (unpaired) electrons. The van der Waals surface area contributed by atoms with Gasteiger partial charge in [-0.05, 0) is 41.1 Å². The highest BCUT2D eigenvalue weighted by molar-refractivity contribution is 7.10. The highest BCUT2D eigenvalue weighted by atomic mass is 32.1. The zero-order valence-electron chi connectivity index (χ0n) is 17.3. The van der Waals surface area contributed by atoms with Gasteiger partial charge in [0.2, 0.25) is 5.91 Å². The standard InChI is InChI=1S/C21H21N3O6S/c1-22-19(26)20(27)24(21(22)28)11-17(25)23-7-6-12-9-14(29-2)15(30-3)10-13(12)18(23)16-5-4-8-31-16/h4-5,8-10,18H,6-7,11H2,1-3H3. The average Bonchev–Trinajstić information content (AvgIpc) is 3.38. The smallest absolute Gasteiger partial charge is 0.334 e. The Hall–Kier alpha value is -3.40. The van der Waals surface area contributed by atoms with E-state index in [1.807, 2.05) is 29.6 Å². The van der Waals surface area contributed by atoms with Crippen LogP contribution in [-0.4, -0.2) is 72.8 Å². The van der Waals surface area contributed by atoms with E-state index in [1.165, 1.54) is 18.4 Å². The molecule has 162 valence electrons. The second-order valence-electron chi connectivity index (χ2n) is 7.20. The molecule has 2 aromatic rings. The van der Waals surface area contributed by atoms with Gasteiger partial charge >= 0.3 is 17.8 Å². The number of nitrogens with zero attached hydrogens (tertiary/aromatic N) is 3. The summed E-state index contributed by atoms with van der Waals surface area (Å²) in [4.78, 5) is 53.4. The van der Waals surface area contributed by atoms with Crippen LogP contribution in [0, 0.1) is 0 Å². The zero-order valence-corrected chi connectivity index (χ0v) is 18.1. The van der Waals surface area contributed by atoms with Gasteiger partial charge in [-0.25, -0.2) is 9.69 Å². The zero-order chi connectivity index (χ0) is 22.3. The molecule has 1 aromatic carbocycles. The van der Waals surface area contributed by atoms with Crippen LogP contribution < -0.4 is 9.47 Å². The van der Waals surface area contributed by atoms with E-state index in [9.17, 15) is 19.2 Å². The van der Waals surface area contributed by atoms with E-state index in [1.54, 1.807) is 19.1 Å². The highest BCUT2D eigenvalue weighted by Gasteiger charge is 2.44. The van der Waals surface area contributed by atoms with Crippen molar-refractivity contribution in [1.82, 2.24) is 14.7 Å². The summed E-state index contributed by atoms with van der Waals surface area (Å²) in [5, 5.41) is 1.92. The summed E-state index contributed by atoms with van der Waals surface area (Å²) in [6, 6.07) is 6.42. The van der Waals surface area contributed by atoms with Crippen LogP contribution in [0.15, 0.2) is 29.6 Å². The largest absolute Gasteiger partial charge is 0.493 e. The van der Waals surface area contributed by atoms with E-state index < -0.39 is 36.3 Å². The Labute approximate surface area is 182 Å². The lowest BCUT2D eigenvalue weighted by molar-refractivity contribution is -0.145. The summed E-state index contributed by atoms with van der Waals surface area (Å²) >= 11 is 1.51. The Kier molecular flexibility index (Phi) is 5.40. The monoisotopic (exact) mass is 443 g/mol. The number of imide groups is 2. The van der Waals surface area contributed by atoms with Gasteiger partial charge in [0, 0.05) is 18.5 Å². The van der Waals surface area contributed by atoms with Crippen LogP contribution in [0.2, 0.25) is 0 Å². The van der Waals surface area contributed by atoms with Gasteiger partial charge in [0.15, 0.2) is 11.5 Å². The molecular weight excluding hydrogens is 422 g/mol. The van der Waals surface area contributed by atoms with Gasteiger partial charge in [0.25, 0.3) is 0 Å². The number of amides is 5. The molecule has 0 saturated carbocycles. The Bertz CT molecular complexity index is 1070. The lowest BCUT2D eigenvalue weighted by Crippen LogP contribution is -2.47. The number of hydrogen-bond donors (Lipinski definition) is 0. The molecule has 0 N–H and O–H groups in total. The molecule has 2 aliphatic rings. The highest BCUT2D eigenvalue weighted by Crippen LogP contribution is 2.42. The van der Waals surface area contributed by atoms with Gasteiger partial charge in [-0.3, -0.25) is 19.3 Å². The van der Waals surface area contributed by atoms with Crippen LogP contribution in [0.3, 0.4) is 0 Å². The Morgan fingerprint density at radius 3 is 2.42 bits per heavy atom. The second kappa shape index (κ2) is 8.03. The molecule has 2 aliphatic heterocycles. The molecule has 3 heterocycles. The van der Waals surface area contributed by atoms with Gasteiger partial charge < -0.3 is 14.4 Å². The molecule has 0 spiro atoms. The van der Waals surface area contributed by atoms with Crippen molar-refractivity contribution >= 4 is 35.1 Å². The number of thiophene rings is 1. The molecule has 31 heavy (non-hydrogen) atoms. The molecule has 4 rings (SSSR count). The number of likely N-dealkylation sites (N-methyl/N-ethyl adjacent to an activating group) is 1. The molecular formula is C21H21N3O6S. The number of methoxy groups -OCH3 is 2. The molecule has 0 aliphatic carbocycles. The first kappa shape index (κ1) is 20.9. The molecule has 1 atom stereocenters. The third-order valence-corrected chi connectivity index (χ3v) is 6.48. The van der Waals surface area contributed by atoms with Crippen LogP contribution in [0.4, 0.5) is 4.79 Å². The Morgan fingerprint density at radius 1 is 1.13 bits per heavy atom. The van der Waals surface area contributed by atoms with E-state index in [2.05, 4.69) is 0 Å². The maximum Gasteiger partial charge on any atom is 0.334 e. The summed E-state index contributed by atoms with van der Waals surface area (Å²) < 4.78 is 10.9. The number of urea groups is 1. The predicted octanol–water partition coefficient (Wildman–Crippen LogP) is 1.66. The fourth-order valence-corrected chi connectivity index (χ4v) is 4.80. The fraction of sp³-hybridized carbons (Fsp3) is 0.333. The summed E-state index contributed by atoms with van der Waals surface area (Å²) in [7, 11) is 4.34. The third kappa shape index (κ3) is 3.42. The van der Waals surface area contributed by atoms with Crippen LogP contribution in [0.1, 0.15) is 22.0 Å². The van der Waals surface area contributed by atoms with Crippen LogP contribution >= 0.6 is 11.3 Å². The maximum absolute atomic E-state index is 13.3. The van der Waals surface area contributed by atoms with Crippen molar-refractivity contribution < 1.29 is 28.7 Å². The van der Waals surface area contributed by atoms with Crippen LogP contribution in [-0.2, 0) is 20.8 Å². The topological polar surface area (TPSA) is 96.5 Å². The van der Waals surface area contributed by atoms with Gasteiger partial charge in [0.05, 0.1) is 20.3 Å². The minimum absolute atomic E-state index is 0.393. The SMILES string of the molecule is COc1cc2c(cc1OC)C(c1cccs1)N(C(=O)CN1C(=O)C(=O)N(C)C1=O)CC2. The minimum atomic E-state index is -0.989. The van der Waals surface area contributed by atoms with Gasteiger partial charge in [-0.1, -0.05) is 6.07 Å². The van der Waals surface area contributed by atoms with Gasteiger partial charge in [-0.2, -0.15) is 0 Å². The summed E-state index contributed by atoms with van der Waals surface area (Å²) in [5.74, 6) is -1.18. The van der Waals surface area contributed by atoms with Crippen molar-refractivity contribution in [1.29, 1.82) is 0 Å². The number of carbonyl (C=O) groups is 4. The van der Waals surface area contributed by atoms with E-state index in [4.69, 9.17) is 9.47 Å². The van der Waals surface area contributed by atoms with Crippen molar-refractivity contribution in [3.05, 3.63) is 45.6 Å².